The first-order valence-electron chi connectivity index (χ1n) is 6.00. The Morgan fingerprint density at radius 1 is 1.44 bits per heavy atom. The van der Waals surface area contributed by atoms with Crippen LogP contribution in [0.15, 0.2) is 30.3 Å². The highest BCUT2D eigenvalue weighted by Gasteiger charge is 2.30. The van der Waals surface area contributed by atoms with Crippen molar-refractivity contribution in [2.45, 2.75) is 20.3 Å². The number of carbonyl (C=O) groups excluding carboxylic acids is 1. The van der Waals surface area contributed by atoms with Crippen LogP contribution in [0.1, 0.15) is 20.3 Å². The average molecular weight is 246 g/mol. The number of nitrogens with zero attached hydrogens (tertiary/aromatic N) is 1. The molecule has 0 saturated heterocycles. The Labute approximate surface area is 108 Å². The van der Waals surface area contributed by atoms with Crippen LogP contribution in [-0.2, 0) is 4.79 Å². The van der Waals surface area contributed by atoms with Crippen molar-refractivity contribution in [3.05, 3.63) is 30.3 Å². The van der Waals surface area contributed by atoms with Gasteiger partial charge in [-0.3, -0.25) is 4.79 Å². The molecule has 1 unspecified atom stereocenters. The lowest BCUT2D eigenvalue weighted by Crippen LogP contribution is -2.39. The van der Waals surface area contributed by atoms with Crippen molar-refractivity contribution in [1.82, 2.24) is 5.32 Å². The second kappa shape index (κ2) is 6.65. The second-order valence-corrected chi connectivity index (χ2v) is 4.21. The first-order chi connectivity index (χ1) is 8.62. The van der Waals surface area contributed by atoms with E-state index in [2.05, 4.69) is 5.32 Å². The number of nitriles is 1. The Morgan fingerprint density at radius 3 is 2.67 bits per heavy atom. The van der Waals surface area contributed by atoms with E-state index in [9.17, 15) is 4.79 Å². The number of ether oxygens (including phenoxy) is 1. The number of hydrogen-bond donors (Lipinski definition) is 1. The lowest BCUT2D eigenvalue weighted by atomic mass is 9.88. The highest BCUT2D eigenvalue weighted by molar-refractivity contribution is 5.84. The van der Waals surface area contributed by atoms with E-state index in [4.69, 9.17) is 10.00 Å². The van der Waals surface area contributed by atoms with Crippen LogP contribution in [0.25, 0.3) is 0 Å². The van der Waals surface area contributed by atoms with Crippen molar-refractivity contribution < 1.29 is 9.53 Å². The Morgan fingerprint density at radius 2 is 2.11 bits per heavy atom. The molecule has 4 nitrogen and oxygen atoms in total. The van der Waals surface area contributed by atoms with Gasteiger partial charge in [-0.2, -0.15) is 5.26 Å². The molecule has 0 spiro atoms. The number of para-hydroxylation sites is 1. The zero-order valence-corrected chi connectivity index (χ0v) is 10.8. The normalized spacial score (nSPS) is 13.2. The predicted octanol–water partition coefficient (Wildman–Crippen LogP) is 2.12. The fourth-order valence-corrected chi connectivity index (χ4v) is 1.34. The van der Waals surface area contributed by atoms with Crippen molar-refractivity contribution in [3.63, 3.8) is 0 Å². The van der Waals surface area contributed by atoms with E-state index in [0.717, 1.165) is 5.75 Å². The maximum atomic E-state index is 11.7. The molecule has 1 N–H and O–H groups in total. The molecule has 0 saturated carbocycles. The van der Waals surface area contributed by atoms with E-state index in [1.165, 1.54) is 0 Å². The standard InChI is InChI=1S/C14H18N2O2/c1-3-14(2,11-15)13(17)16-9-10-18-12-7-5-4-6-8-12/h4-8H,3,9-10H2,1-2H3,(H,16,17). The molecule has 0 aliphatic heterocycles. The summed E-state index contributed by atoms with van der Waals surface area (Å²) in [5, 5.41) is 11.7. The lowest BCUT2D eigenvalue weighted by Gasteiger charge is -2.18. The molecule has 1 aromatic carbocycles. The quantitative estimate of drug-likeness (QED) is 0.782. The van der Waals surface area contributed by atoms with Crippen molar-refractivity contribution in [2.75, 3.05) is 13.2 Å². The SMILES string of the molecule is CCC(C)(C#N)C(=O)NCCOc1ccccc1. The van der Waals surface area contributed by atoms with Gasteiger partial charge < -0.3 is 10.1 Å². The smallest absolute Gasteiger partial charge is 0.240 e. The summed E-state index contributed by atoms with van der Waals surface area (Å²) in [5.41, 5.74) is -0.952. The maximum Gasteiger partial charge on any atom is 0.240 e. The highest BCUT2D eigenvalue weighted by atomic mass is 16.5. The number of amides is 1. The average Bonchev–Trinajstić information content (AvgIpc) is 2.43. The van der Waals surface area contributed by atoms with Gasteiger partial charge in [-0.15, -0.1) is 0 Å². The number of nitrogens with one attached hydrogen (secondary N) is 1. The van der Waals surface area contributed by atoms with Crippen LogP contribution < -0.4 is 10.1 Å². The molecular formula is C14H18N2O2. The molecule has 18 heavy (non-hydrogen) atoms. The number of carbonyl (C=O) groups is 1. The molecule has 0 aliphatic carbocycles. The third-order valence-corrected chi connectivity index (χ3v) is 2.85. The van der Waals surface area contributed by atoms with Crippen molar-refractivity contribution in [1.29, 1.82) is 5.26 Å². The van der Waals surface area contributed by atoms with Crippen LogP contribution in [0, 0.1) is 16.7 Å². The van der Waals surface area contributed by atoms with Gasteiger partial charge in [0.05, 0.1) is 12.6 Å². The van der Waals surface area contributed by atoms with Gasteiger partial charge in [0, 0.05) is 0 Å². The van der Waals surface area contributed by atoms with Gasteiger partial charge in [-0.05, 0) is 25.5 Å². The van der Waals surface area contributed by atoms with Gasteiger partial charge in [0.2, 0.25) is 5.91 Å². The Hall–Kier alpha value is -2.02. The molecule has 0 aromatic heterocycles. The van der Waals surface area contributed by atoms with Gasteiger partial charge in [-0.1, -0.05) is 25.1 Å². The molecule has 1 atom stereocenters. The zero-order valence-electron chi connectivity index (χ0n) is 10.8. The van der Waals surface area contributed by atoms with Crippen LogP contribution in [0.3, 0.4) is 0 Å². The summed E-state index contributed by atoms with van der Waals surface area (Å²) >= 11 is 0. The number of benzene rings is 1. The van der Waals surface area contributed by atoms with E-state index in [0.29, 0.717) is 19.6 Å². The van der Waals surface area contributed by atoms with Crippen molar-refractivity contribution in [2.24, 2.45) is 5.41 Å². The summed E-state index contributed by atoms with van der Waals surface area (Å²) in [6.45, 7) is 4.25. The van der Waals surface area contributed by atoms with Crippen LogP contribution >= 0.6 is 0 Å². The first-order valence-corrected chi connectivity index (χ1v) is 6.00. The molecular weight excluding hydrogens is 228 g/mol. The van der Waals surface area contributed by atoms with E-state index in [-0.39, 0.29) is 5.91 Å². The number of hydrogen-bond acceptors (Lipinski definition) is 3. The van der Waals surface area contributed by atoms with E-state index < -0.39 is 5.41 Å². The van der Waals surface area contributed by atoms with E-state index >= 15 is 0 Å². The van der Waals surface area contributed by atoms with Crippen LogP contribution in [0.2, 0.25) is 0 Å². The van der Waals surface area contributed by atoms with Gasteiger partial charge >= 0.3 is 0 Å². The molecule has 1 aromatic rings. The first kappa shape index (κ1) is 14.0. The molecule has 0 aliphatic rings. The second-order valence-electron chi connectivity index (χ2n) is 4.21. The third kappa shape index (κ3) is 3.77. The van der Waals surface area contributed by atoms with Crippen LogP contribution in [-0.4, -0.2) is 19.1 Å². The lowest BCUT2D eigenvalue weighted by molar-refractivity contribution is -0.127. The third-order valence-electron chi connectivity index (χ3n) is 2.85. The van der Waals surface area contributed by atoms with Gasteiger partial charge in [0.1, 0.15) is 17.8 Å². The van der Waals surface area contributed by atoms with Gasteiger partial charge in [0.15, 0.2) is 0 Å². The summed E-state index contributed by atoms with van der Waals surface area (Å²) in [7, 11) is 0. The van der Waals surface area contributed by atoms with Crippen molar-refractivity contribution >= 4 is 5.91 Å². The zero-order chi connectivity index (χ0) is 13.4. The number of rotatable bonds is 6. The predicted molar refractivity (Wildman–Crippen MR) is 69.0 cm³/mol. The highest BCUT2D eigenvalue weighted by Crippen LogP contribution is 2.19. The summed E-state index contributed by atoms with van der Waals surface area (Å²) < 4.78 is 5.44. The minimum atomic E-state index is -0.952. The minimum Gasteiger partial charge on any atom is -0.492 e. The Kier molecular flexibility index (Phi) is 5.19. The fourth-order valence-electron chi connectivity index (χ4n) is 1.34. The summed E-state index contributed by atoms with van der Waals surface area (Å²) in [4.78, 5) is 11.7. The molecule has 0 fully saturated rings. The molecule has 1 rings (SSSR count). The fraction of sp³-hybridized carbons (Fsp3) is 0.429. The van der Waals surface area contributed by atoms with Gasteiger partial charge in [-0.25, -0.2) is 0 Å². The minimum absolute atomic E-state index is 0.246. The van der Waals surface area contributed by atoms with Crippen molar-refractivity contribution in [3.8, 4) is 11.8 Å². The van der Waals surface area contributed by atoms with Crippen LogP contribution in [0.4, 0.5) is 0 Å². The maximum absolute atomic E-state index is 11.7. The Bertz CT molecular complexity index is 425. The molecule has 96 valence electrons. The molecule has 1 amide bonds. The summed E-state index contributed by atoms with van der Waals surface area (Å²) in [5.74, 6) is 0.523. The Balaban J connectivity index is 2.31. The van der Waals surface area contributed by atoms with E-state index in [1.807, 2.05) is 43.3 Å². The topological polar surface area (TPSA) is 62.1 Å². The molecule has 0 radical (unpaired) electrons. The molecule has 0 bridgehead atoms. The monoisotopic (exact) mass is 246 g/mol. The molecule has 4 heteroatoms. The van der Waals surface area contributed by atoms with Crippen LogP contribution in [0.5, 0.6) is 5.75 Å². The molecule has 0 heterocycles. The largest absolute Gasteiger partial charge is 0.492 e. The van der Waals surface area contributed by atoms with Gasteiger partial charge in [0.25, 0.3) is 0 Å². The van der Waals surface area contributed by atoms with E-state index in [1.54, 1.807) is 6.92 Å². The summed E-state index contributed by atoms with van der Waals surface area (Å²) in [6.07, 6.45) is 0.495. The summed E-state index contributed by atoms with van der Waals surface area (Å²) in [6, 6.07) is 11.4.